The molecule has 1 rings (SSSR count). The van der Waals surface area contributed by atoms with Crippen molar-refractivity contribution in [1.29, 1.82) is 0 Å². The Morgan fingerprint density at radius 2 is 2.45 bits per heavy atom. The second kappa shape index (κ2) is 3.51. The van der Waals surface area contributed by atoms with Crippen LogP contribution in [0.5, 0.6) is 0 Å². The number of imidazole rings is 1. The maximum absolute atomic E-state index is 12.8. The first kappa shape index (κ1) is 8.24. The van der Waals surface area contributed by atoms with Gasteiger partial charge in [0.25, 0.3) is 0 Å². The zero-order valence-electron chi connectivity index (χ0n) is 6.92. The van der Waals surface area contributed by atoms with E-state index < -0.39 is 6.17 Å². The summed E-state index contributed by atoms with van der Waals surface area (Å²) in [6.07, 6.45) is 3.32. The molecule has 0 aliphatic heterocycles. The fourth-order valence-corrected chi connectivity index (χ4v) is 0.939. The second-order valence-corrected chi connectivity index (χ2v) is 2.63. The van der Waals surface area contributed by atoms with Gasteiger partial charge in [-0.15, -0.1) is 0 Å². The normalized spacial score (nSPS) is 13.4. The maximum Gasteiger partial charge on any atom is 0.118 e. The lowest BCUT2D eigenvalue weighted by atomic mass is 10.3. The van der Waals surface area contributed by atoms with E-state index in [4.69, 9.17) is 0 Å². The highest BCUT2D eigenvalue weighted by molar-refractivity contribution is 4.88. The van der Waals surface area contributed by atoms with Gasteiger partial charge in [-0.05, 0) is 13.3 Å². The second-order valence-electron chi connectivity index (χ2n) is 2.63. The van der Waals surface area contributed by atoms with Crippen molar-refractivity contribution in [1.82, 2.24) is 9.55 Å². The van der Waals surface area contributed by atoms with Crippen molar-refractivity contribution in [2.24, 2.45) is 0 Å². The molecular weight excluding hydrogens is 143 g/mol. The van der Waals surface area contributed by atoms with Gasteiger partial charge in [-0.1, -0.05) is 6.92 Å². The van der Waals surface area contributed by atoms with E-state index in [1.807, 2.05) is 18.4 Å². The number of halogens is 1. The third kappa shape index (κ3) is 2.03. The fourth-order valence-electron chi connectivity index (χ4n) is 0.939. The molecule has 2 nitrogen and oxygen atoms in total. The highest BCUT2D eigenvalue weighted by atomic mass is 19.1. The van der Waals surface area contributed by atoms with E-state index >= 15 is 0 Å². The lowest BCUT2D eigenvalue weighted by Gasteiger charge is -2.06. The van der Waals surface area contributed by atoms with Crippen LogP contribution in [0.3, 0.4) is 0 Å². The van der Waals surface area contributed by atoms with Gasteiger partial charge in [0.2, 0.25) is 0 Å². The first-order valence-electron chi connectivity index (χ1n) is 3.85. The molecule has 1 unspecified atom stereocenters. The Morgan fingerprint density at radius 3 is 2.91 bits per heavy atom. The summed E-state index contributed by atoms with van der Waals surface area (Å²) in [6.45, 7) is 4.15. The molecule has 0 aromatic carbocycles. The summed E-state index contributed by atoms with van der Waals surface area (Å²) in [5, 5.41) is 0. The number of aromatic nitrogens is 2. The van der Waals surface area contributed by atoms with E-state index in [0.29, 0.717) is 13.0 Å². The standard InChI is InChI=1S/C8H13FN2/c1-3-8(9)6-11-5-4-10-7(11)2/h4-5,8H,3,6H2,1-2H3. The summed E-state index contributed by atoms with van der Waals surface area (Å²) in [6, 6.07) is 0. The van der Waals surface area contributed by atoms with Crippen molar-refractivity contribution in [3.8, 4) is 0 Å². The van der Waals surface area contributed by atoms with Crippen LogP contribution in [0.2, 0.25) is 0 Å². The van der Waals surface area contributed by atoms with Gasteiger partial charge in [-0.25, -0.2) is 9.37 Å². The van der Waals surface area contributed by atoms with Crippen LogP contribution in [-0.4, -0.2) is 15.7 Å². The summed E-state index contributed by atoms with van der Waals surface area (Å²) in [5.41, 5.74) is 0. The van der Waals surface area contributed by atoms with Gasteiger partial charge in [0.15, 0.2) is 0 Å². The van der Waals surface area contributed by atoms with Gasteiger partial charge in [-0.2, -0.15) is 0 Å². The molecule has 0 N–H and O–H groups in total. The Labute approximate surface area is 66.1 Å². The zero-order valence-corrected chi connectivity index (χ0v) is 6.92. The summed E-state index contributed by atoms with van der Waals surface area (Å²) in [5.74, 6) is 0.876. The Bertz CT molecular complexity index is 220. The zero-order chi connectivity index (χ0) is 8.27. The van der Waals surface area contributed by atoms with E-state index in [1.165, 1.54) is 0 Å². The number of alkyl halides is 1. The van der Waals surface area contributed by atoms with Gasteiger partial charge in [0.1, 0.15) is 12.0 Å². The van der Waals surface area contributed by atoms with Crippen molar-refractivity contribution < 1.29 is 4.39 Å². The number of rotatable bonds is 3. The fraction of sp³-hybridized carbons (Fsp3) is 0.625. The van der Waals surface area contributed by atoms with Crippen LogP contribution in [0.1, 0.15) is 19.2 Å². The van der Waals surface area contributed by atoms with Crippen LogP contribution >= 0.6 is 0 Å². The minimum absolute atomic E-state index is 0.433. The lowest BCUT2D eigenvalue weighted by Crippen LogP contribution is -2.10. The number of aryl methyl sites for hydroxylation is 1. The van der Waals surface area contributed by atoms with Crippen molar-refractivity contribution in [3.05, 3.63) is 18.2 Å². The third-order valence-electron chi connectivity index (χ3n) is 1.76. The van der Waals surface area contributed by atoms with Crippen LogP contribution in [0.25, 0.3) is 0 Å². The highest BCUT2D eigenvalue weighted by Crippen LogP contribution is 2.03. The molecule has 0 bridgehead atoms. The van der Waals surface area contributed by atoms with Gasteiger partial charge in [0, 0.05) is 12.4 Å². The molecule has 1 aromatic heterocycles. The molecule has 11 heavy (non-hydrogen) atoms. The van der Waals surface area contributed by atoms with Gasteiger partial charge >= 0.3 is 0 Å². The average molecular weight is 156 g/mol. The molecule has 0 saturated carbocycles. The SMILES string of the molecule is CCC(F)Cn1ccnc1C. The molecule has 0 radical (unpaired) electrons. The summed E-state index contributed by atoms with van der Waals surface area (Å²) in [7, 11) is 0. The minimum atomic E-state index is -0.747. The smallest absolute Gasteiger partial charge is 0.118 e. The monoisotopic (exact) mass is 156 g/mol. The van der Waals surface area contributed by atoms with E-state index in [2.05, 4.69) is 4.98 Å². The van der Waals surface area contributed by atoms with Gasteiger partial charge < -0.3 is 4.57 Å². The molecule has 0 spiro atoms. The van der Waals surface area contributed by atoms with Crippen LogP contribution in [0.4, 0.5) is 4.39 Å². The predicted octanol–water partition coefficient (Wildman–Crippen LogP) is 1.94. The topological polar surface area (TPSA) is 17.8 Å². The van der Waals surface area contributed by atoms with E-state index in [9.17, 15) is 4.39 Å². The van der Waals surface area contributed by atoms with Crippen molar-refractivity contribution in [2.75, 3.05) is 0 Å². The molecule has 0 saturated heterocycles. The van der Waals surface area contributed by atoms with Crippen LogP contribution in [-0.2, 0) is 6.54 Å². The molecule has 1 atom stereocenters. The maximum atomic E-state index is 12.8. The lowest BCUT2D eigenvalue weighted by molar-refractivity contribution is 0.285. The van der Waals surface area contributed by atoms with E-state index in [0.717, 1.165) is 5.82 Å². The van der Waals surface area contributed by atoms with Crippen molar-refractivity contribution in [3.63, 3.8) is 0 Å². The molecule has 3 heteroatoms. The molecule has 0 amide bonds. The number of hydrogen-bond donors (Lipinski definition) is 0. The summed E-state index contributed by atoms with van der Waals surface area (Å²) in [4.78, 5) is 4.00. The quantitative estimate of drug-likeness (QED) is 0.654. The molecule has 62 valence electrons. The van der Waals surface area contributed by atoms with Crippen molar-refractivity contribution >= 4 is 0 Å². The number of hydrogen-bond acceptors (Lipinski definition) is 1. The molecular formula is C8H13FN2. The molecule has 0 fully saturated rings. The summed E-state index contributed by atoms with van der Waals surface area (Å²) < 4.78 is 14.7. The van der Waals surface area contributed by atoms with Crippen LogP contribution in [0.15, 0.2) is 12.4 Å². The first-order valence-corrected chi connectivity index (χ1v) is 3.85. The first-order chi connectivity index (χ1) is 5.24. The predicted molar refractivity (Wildman–Crippen MR) is 42.2 cm³/mol. The third-order valence-corrected chi connectivity index (χ3v) is 1.76. The Morgan fingerprint density at radius 1 is 1.73 bits per heavy atom. The van der Waals surface area contributed by atoms with Gasteiger partial charge in [-0.3, -0.25) is 0 Å². The average Bonchev–Trinajstić information content (AvgIpc) is 2.37. The molecule has 1 aromatic rings. The van der Waals surface area contributed by atoms with Crippen LogP contribution in [0, 0.1) is 6.92 Å². The Kier molecular flexibility index (Phi) is 2.63. The van der Waals surface area contributed by atoms with Gasteiger partial charge in [0.05, 0.1) is 6.54 Å². The van der Waals surface area contributed by atoms with Crippen LogP contribution < -0.4 is 0 Å². The van der Waals surface area contributed by atoms with Crippen molar-refractivity contribution in [2.45, 2.75) is 33.0 Å². The Hall–Kier alpha value is -0.860. The number of nitrogens with zero attached hydrogens (tertiary/aromatic N) is 2. The molecule has 0 aliphatic rings. The summed E-state index contributed by atoms with van der Waals surface area (Å²) >= 11 is 0. The molecule has 1 heterocycles. The minimum Gasteiger partial charge on any atom is -0.332 e. The largest absolute Gasteiger partial charge is 0.332 e. The highest BCUT2D eigenvalue weighted by Gasteiger charge is 2.04. The van der Waals surface area contributed by atoms with E-state index in [1.54, 1.807) is 12.4 Å². The molecule has 0 aliphatic carbocycles. The van der Waals surface area contributed by atoms with E-state index in [-0.39, 0.29) is 0 Å². The Balaban J connectivity index is 2.56.